The Kier molecular flexibility index (Phi) is 4.58. The van der Waals surface area contributed by atoms with Crippen LogP contribution >= 0.6 is 0 Å². The summed E-state index contributed by atoms with van der Waals surface area (Å²) in [5.41, 5.74) is 0.886. The number of phenolic OH excluding ortho intramolecular Hbond substituents is 1. The van der Waals surface area contributed by atoms with Crippen LogP contribution in [0.4, 0.5) is 0 Å². The third-order valence-corrected chi connectivity index (χ3v) is 2.32. The molecular formula is C13H17NO2. The molecule has 0 saturated carbocycles. The summed E-state index contributed by atoms with van der Waals surface area (Å²) in [5, 5.41) is 11.9. The zero-order chi connectivity index (χ0) is 12.0. The van der Waals surface area contributed by atoms with Gasteiger partial charge in [-0.2, -0.15) is 0 Å². The molecule has 0 radical (unpaired) electrons. The molecule has 0 spiro atoms. The number of carbonyl (C=O) groups excluding carboxylic acids is 1. The third-order valence-electron chi connectivity index (χ3n) is 2.32. The van der Waals surface area contributed by atoms with Gasteiger partial charge in [0.15, 0.2) is 0 Å². The quantitative estimate of drug-likeness (QED) is 0.763. The Balaban J connectivity index is 2.53. The van der Waals surface area contributed by atoms with E-state index in [0.29, 0.717) is 0 Å². The predicted octanol–water partition coefficient (Wildman–Crippen LogP) is 2.32. The van der Waals surface area contributed by atoms with Crippen molar-refractivity contribution in [2.75, 3.05) is 0 Å². The van der Waals surface area contributed by atoms with E-state index >= 15 is 0 Å². The maximum absolute atomic E-state index is 11.4. The fourth-order valence-corrected chi connectivity index (χ4v) is 1.15. The van der Waals surface area contributed by atoms with Crippen molar-refractivity contribution >= 4 is 12.0 Å². The Morgan fingerprint density at radius 2 is 2.06 bits per heavy atom. The summed E-state index contributed by atoms with van der Waals surface area (Å²) in [6, 6.07) is 6.88. The van der Waals surface area contributed by atoms with Crippen LogP contribution in [0.25, 0.3) is 6.08 Å². The lowest BCUT2D eigenvalue weighted by Crippen LogP contribution is -2.30. The van der Waals surface area contributed by atoms with Gasteiger partial charge in [0, 0.05) is 12.1 Å². The average Bonchev–Trinajstić information content (AvgIpc) is 2.28. The van der Waals surface area contributed by atoms with Crippen LogP contribution in [-0.4, -0.2) is 17.1 Å². The molecule has 0 aliphatic rings. The number of hydrogen-bond acceptors (Lipinski definition) is 2. The van der Waals surface area contributed by atoms with E-state index in [1.54, 1.807) is 30.3 Å². The van der Waals surface area contributed by atoms with Crippen LogP contribution in [0.2, 0.25) is 0 Å². The van der Waals surface area contributed by atoms with Crippen LogP contribution in [0.1, 0.15) is 25.8 Å². The summed E-state index contributed by atoms with van der Waals surface area (Å²) in [6.07, 6.45) is 4.13. The molecule has 0 aliphatic carbocycles. The normalized spacial score (nSPS) is 12.6. The van der Waals surface area contributed by atoms with Gasteiger partial charge in [-0.1, -0.05) is 19.1 Å². The van der Waals surface area contributed by atoms with Gasteiger partial charge in [0.25, 0.3) is 0 Å². The summed E-state index contributed by atoms with van der Waals surface area (Å²) in [4.78, 5) is 11.4. The Labute approximate surface area is 95.8 Å². The van der Waals surface area contributed by atoms with Crippen LogP contribution < -0.4 is 5.32 Å². The molecule has 3 heteroatoms. The Bertz CT molecular complexity index is 368. The van der Waals surface area contributed by atoms with Gasteiger partial charge in [-0.3, -0.25) is 4.79 Å². The second kappa shape index (κ2) is 5.95. The molecule has 1 rings (SSSR count). The number of phenols is 1. The van der Waals surface area contributed by atoms with Crippen molar-refractivity contribution in [1.82, 2.24) is 5.32 Å². The number of nitrogens with one attached hydrogen (secondary N) is 1. The lowest BCUT2D eigenvalue weighted by Gasteiger charge is -2.08. The van der Waals surface area contributed by atoms with E-state index in [9.17, 15) is 4.79 Å². The monoisotopic (exact) mass is 219 g/mol. The maximum Gasteiger partial charge on any atom is 0.244 e. The first-order valence-electron chi connectivity index (χ1n) is 5.39. The smallest absolute Gasteiger partial charge is 0.244 e. The third kappa shape index (κ3) is 4.17. The van der Waals surface area contributed by atoms with E-state index in [2.05, 4.69) is 5.32 Å². The van der Waals surface area contributed by atoms with Gasteiger partial charge in [-0.05, 0) is 37.1 Å². The van der Waals surface area contributed by atoms with E-state index in [1.807, 2.05) is 13.8 Å². The van der Waals surface area contributed by atoms with Crippen molar-refractivity contribution in [3.8, 4) is 5.75 Å². The minimum atomic E-state index is -0.0950. The van der Waals surface area contributed by atoms with Crippen molar-refractivity contribution in [2.24, 2.45) is 0 Å². The zero-order valence-corrected chi connectivity index (χ0v) is 9.60. The average molecular weight is 219 g/mol. The number of carbonyl (C=O) groups is 1. The summed E-state index contributed by atoms with van der Waals surface area (Å²) in [6.45, 7) is 3.99. The minimum Gasteiger partial charge on any atom is -0.508 e. The molecule has 16 heavy (non-hydrogen) atoms. The molecule has 1 atom stereocenters. The predicted molar refractivity (Wildman–Crippen MR) is 65.0 cm³/mol. The van der Waals surface area contributed by atoms with Gasteiger partial charge in [0.2, 0.25) is 5.91 Å². The number of hydrogen-bond donors (Lipinski definition) is 2. The number of amides is 1. The molecule has 86 valence electrons. The van der Waals surface area contributed by atoms with Gasteiger partial charge in [0.05, 0.1) is 0 Å². The van der Waals surface area contributed by atoms with Crippen LogP contribution in [0, 0.1) is 0 Å². The molecule has 0 heterocycles. The largest absolute Gasteiger partial charge is 0.508 e. The van der Waals surface area contributed by atoms with Gasteiger partial charge in [-0.15, -0.1) is 0 Å². The summed E-state index contributed by atoms with van der Waals surface area (Å²) in [7, 11) is 0. The molecule has 1 amide bonds. The lowest BCUT2D eigenvalue weighted by atomic mass is 10.2. The molecule has 1 aromatic rings. The minimum absolute atomic E-state index is 0.0950. The fraction of sp³-hybridized carbons (Fsp3) is 0.308. The van der Waals surface area contributed by atoms with Crippen LogP contribution in [0.5, 0.6) is 5.75 Å². The first kappa shape index (κ1) is 12.3. The Morgan fingerprint density at radius 1 is 1.44 bits per heavy atom. The summed E-state index contributed by atoms with van der Waals surface area (Å²) < 4.78 is 0. The van der Waals surface area contributed by atoms with E-state index in [1.165, 1.54) is 6.08 Å². The second-order valence-electron chi connectivity index (χ2n) is 3.74. The highest BCUT2D eigenvalue weighted by Crippen LogP contribution is 2.10. The molecule has 0 fully saturated rings. The van der Waals surface area contributed by atoms with E-state index in [0.717, 1.165) is 12.0 Å². The second-order valence-corrected chi connectivity index (χ2v) is 3.74. The topological polar surface area (TPSA) is 49.3 Å². The molecule has 0 saturated heterocycles. The van der Waals surface area contributed by atoms with Crippen molar-refractivity contribution < 1.29 is 9.90 Å². The molecular weight excluding hydrogens is 202 g/mol. The molecule has 1 aromatic carbocycles. The van der Waals surface area contributed by atoms with Gasteiger partial charge in [0.1, 0.15) is 5.75 Å². The highest BCUT2D eigenvalue weighted by molar-refractivity contribution is 5.91. The van der Waals surface area contributed by atoms with Crippen LogP contribution in [0.15, 0.2) is 30.3 Å². The fourth-order valence-electron chi connectivity index (χ4n) is 1.15. The van der Waals surface area contributed by atoms with E-state index in [-0.39, 0.29) is 17.7 Å². The van der Waals surface area contributed by atoms with Gasteiger partial charge < -0.3 is 10.4 Å². The molecule has 0 aliphatic heterocycles. The molecule has 2 N–H and O–H groups in total. The number of rotatable bonds is 4. The lowest BCUT2D eigenvalue weighted by molar-refractivity contribution is -0.117. The Hall–Kier alpha value is -1.77. The summed E-state index contributed by atoms with van der Waals surface area (Å²) in [5.74, 6) is 0.128. The zero-order valence-electron chi connectivity index (χ0n) is 9.60. The van der Waals surface area contributed by atoms with E-state index in [4.69, 9.17) is 5.11 Å². The number of benzene rings is 1. The maximum atomic E-state index is 11.4. The molecule has 0 bridgehead atoms. The van der Waals surface area contributed by atoms with Crippen molar-refractivity contribution in [3.05, 3.63) is 35.9 Å². The standard InChI is InChI=1S/C13H17NO2/c1-3-10(2)14-13(16)9-6-11-4-7-12(15)8-5-11/h4-10,15H,3H2,1-2H3,(H,14,16). The van der Waals surface area contributed by atoms with Crippen molar-refractivity contribution in [2.45, 2.75) is 26.3 Å². The Morgan fingerprint density at radius 3 is 2.62 bits per heavy atom. The summed E-state index contributed by atoms with van der Waals surface area (Å²) >= 11 is 0. The van der Waals surface area contributed by atoms with Crippen LogP contribution in [-0.2, 0) is 4.79 Å². The van der Waals surface area contributed by atoms with Crippen molar-refractivity contribution in [3.63, 3.8) is 0 Å². The first-order valence-corrected chi connectivity index (χ1v) is 5.39. The molecule has 1 unspecified atom stereocenters. The number of aromatic hydroxyl groups is 1. The van der Waals surface area contributed by atoms with Crippen molar-refractivity contribution in [1.29, 1.82) is 0 Å². The van der Waals surface area contributed by atoms with E-state index < -0.39 is 0 Å². The van der Waals surface area contributed by atoms with Crippen LogP contribution in [0.3, 0.4) is 0 Å². The first-order chi connectivity index (χ1) is 7.61. The molecule has 3 nitrogen and oxygen atoms in total. The highest BCUT2D eigenvalue weighted by Gasteiger charge is 2.00. The SMILES string of the molecule is CCC(C)NC(=O)C=Cc1ccc(O)cc1. The van der Waals surface area contributed by atoms with Gasteiger partial charge >= 0.3 is 0 Å². The van der Waals surface area contributed by atoms with Gasteiger partial charge in [-0.25, -0.2) is 0 Å². The molecule has 0 aromatic heterocycles. The highest BCUT2D eigenvalue weighted by atomic mass is 16.3.